The summed E-state index contributed by atoms with van der Waals surface area (Å²) < 4.78 is 27.5. The highest BCUT2D eigenvalue weighted by molar-refractivity contribution is 7.91. The van der Waals surface area contributed by atoms with Crippen LogP contribution in [0.3, 0.4) is 0 Å². The fourth-order valence-electron chi connectivity index (χ4n) is 2.22. The van der Waals surface area contributed by atoms with Crippen LogP contribution < -0.4 is 5.73 Å². The van der Waals surface area contributed by atoms with Gasteiger partial charge in [-0.1, -0.05) is 25.4 Å². The van der Waals surface area contributed by atoms with E-state index in [-0.39, 0.29) is 11.5 Å². The number of piperidine rings is 1. The van der Waals surface area contributed by atoms with Crippen molar-refractivity contribution in [2.24, 2.45) is 11.1 Å². The molecular formula is C12H19ClN2O2S2. The van der Waals surface area contributed by atoms with Gasteiger partial charge in [-0.05, 0) is 30.4 Å². The second-order valence-corrected chi connectivity index (χ2v) is 9.56. The Morgan fingerprint density at radius 2 is 2.16 bits per heavy atom. The average molecular weight is 323 g/mol. The molecule has 19 heavy (non-hydrogen) atoms. The molecule has 0 radical (unpaired) electrons. The molecule has 7 heteroatoms. The molecule has 1 saturated heterocycles. The highest BCUT2D eigenvalue weighted by atomic mass is 35.5. The van der Waals surface area contributed by atoms with Crippen molar-refractivity contribution in [2.75, 3.05) is 13.1 Å². The van der Waals surface area contributed by atoms with Gasteiger partial charge in [-0.2, -0.15) is 4.31 Å². The number of nitrogens with two attached hydrogens (primary N) is 1. The highest BCUT2D eigenvalue weighted by Crippen LogP contribution is 2.35. The quantitative estimate of drug-likeness (QED) is 0.909. The van der Waals surface area contributed by atoms with Gasteiger partial charge in [-0.3, -0.25) is 0 Å². The standard InChI is InChI=1S/C12H19ClN2O2S2/c1-8-6-10(18-11(8)13)19(16,17)15-5-4-9(14)12(2,3)7-15/h6,9H,4-5,7,14H2,1-3H3. The summed E-state index contributed by atoms with van der Waals surface area (Å²) in [6.07, 6.45) is 0.685. The molecule has 4 nitrogen and oxygen atoms in total. The van der Waals surface area contributed by atoms with Crippen molar-refractivity contribution < 1.29 is 8.42 Å². The fourth-order valence-corrected chi connectivity index (χ4v) is 5.71. The van der Waals surface area contributed by atoms with E-state index >= 15 is 0 Å². The first kappa shape index (κ1) is 15.3. The molecule has 1 atom stereocenters. The van der Waals surface area contributed by atoms with Crippen LogP contribution in [0, 0.1) is 12.3 Å². The lowest BCUT2D eigenvalue weighted by Crippen LogP contribution is -2.53. The minimum Gasteiger partial charge on any atom is -0.327 e. The number of thiophene rings is 1. The Balaban J connectivity index is 2.31. The molecule has 0 saturated carbocycles. The molecule has 108 valence electrons. The Morgan fingerprint density at radius 1 is 1.53 bits per heavy atom. The largest absolute Gasteiger partial charge is 0.327 e. The zero-order valence-electron chi connectivity index (χ0n) is 11.3. The maximum Gasteiger partial charge on any atom is 0.252 e. The predicted octanol–water partition coefficient (Wildman–Crippen LogP) is 2.46. The molecule has 2 heterocycles. The van der Waals surface area contributed by atoms with E-state index in [4.69, 9.17) is 17.3 Å². The molecule has 0 aliphatic carbocycles. The van der Waals surface area contributed by atoms with E-state index in [2.05, 4.69) is 0 Å². The maximum absolute atomic E-state index is 12.6. The molecule has 0 bridgehead atoms. The number of hydrogen-bond acceptors (Lipinski definition) is 4. The smallest absolute Gasteiger partial charge is 0.252 e. The lowest BCUT2D eigenvalue weighted by molar-refractivity contribution is 0.156. The third-order valence-electron chi connectivity index (χ3n) is 3.71. The predicted molar refractivity (Wildman–Crippen MR) is 79.2 cm³/mol. The molecule has 0 amide bonds. The van der Waals surface area contributed by atoms with E-state index in [1.54, 1.807) is 6.07 Å². The molecule has 2 rings (SSSR count). The monoisotopic (exact) mass is 322 g/mol. The summed E-state index contributed by atoms with van der Waals surface area (Å²) >= 11 is 7.09. The van der Waals surface area contributed by atoms with Crippen LogP contribution in [0.4, 0.5) is 0 Å². The maximum atomic E-state index is 12.6. The second-order valence-electron chi connectivity index (χ2n) is 5.74. The van der Waals surface area contributed by atoms with E-state index in [1.807, 2.05) is 20.8 Å². The van der Waals surface area contributed by atoms with Gasteiger partial charge in [0.2, 0.25) is 0 Å². The number of hydrogen-bond donors (Lipinski definition) is 1. The molecular weight excluding hydrogens is 304 g/mol. The van der Waals surface area contributed by atoms with E-state index < -0.39 is 10.0 Å². The molecule has 0 spiro atoms. The Hall–Kier alpha value is -0.140. The van der Waals surface area contributed by atoms with Crippen molar-refractivity contribution in [3.8, 4) is 0 Å². The third kappa shape index (κ3) is 2.83. The number of aryl methyl sites for hydroxylation is 1. The molecule has 0 aromatic carbocycles. The lowest BCUT2D eigenvalue weighted by Gasteiger charge is -2.41. The van der Waals surface area contributed by atoms with Crippen LogP contribution in [0.1, 0.15) is 25.8 Å². The van der Waals surface area contributed by atoms with Gasteiger partial charge < -0.3 is 5.73 Å². The third-order valence-corrected chi connectivity index (χ3v) is 7.56. The van der Waals surface area contributed by atoms with Crippen molar-refractivity contribution >= 4 is 33.0 Å². The molecule has 1 aromatic rings. The molecule has 2 N–H and O–H groups in total. The summed E-state index contributed by atoms with van der Waals surface area (Å²) in [6.45, 7) is 6.75. The summed E-state index contributed by atoms with van der Waals surface area (Å²) in [5, 5.41) is 0. The summed E-state index contributed by atoms with van der Waals surface area (Å²) in [5.41, 5.74) is 6.64. The Morgan fingerprint density at radius 3 is 2.63 bits per heavy atom. The van der Waals surface area contributed by atoms with Crippen LogP contribution in [-0.2, 0) is 10.0 Å². The van der Waals surface area contributed by atoms with Gasteiger partial charge in [0.25, 0.3) is 10.0 Å². The molecule has 1 fully saturated rings. The zero-order valence-corrected chi connectivity index (χ0v) is 13.7. The van der Waals surface area contributed by atoms with Crippen LogP contribution in [-0.4, -0.2) is 31.9 Å². The van der Waals surface area contributed by atoms with Crippen molar-refractivity contribution in [1.82, 2.24) is 4.31 Å². The van der Waals surface area contributed by atoms with Crippen molar-refractivity contribution in [3.63, 3.8) is 0 Å². The van der Waals surface area contributed by atoms with Crippen LogP contribution in [0.15, 0.2) is 10.3 Å². The van der Waals surface area contributed by atoms with Gasteiger partial charge in [0.05, 0.1) is 4.34 Å². The molecule has 1 unspecified atom stereocenters. The fraction of sp³-hybridized carbons (Fsp3) is 0.667. The Labute approximate surface area is 123 Å². The first-order valence-electron chi connectivity index (χ1n) is 6.16. The minimum atomic E-state index is -3.45. The van der Waals surface area contributed by atoms with Gasteiger partial charge in [0.1, 0.15) is 4.21 Å². The first-order valence-corrected chi connectivity index (χ1v) is 8.80. The van der Waals surface area contributed by atoms with Crippen LogP contribution in [0.2, 0.25) is 4.34 Å². The highest BCUT2D eigenvalue weighted by Gasteiger charge is 2.39. The van der Waals surface area contributed by atoms with Crippen molar-refractivity contribution in [3.05, 3.63) is 16.0 Å². The minimum absolute atomic E-state index is 0.0348. The number of nitrogens with zero attached hydrogens (tertiary/aromatic N) is 1. The topological polar surface area (TPSA) is 63.4 Å². The Kier molecular flexibility index (Phi) is 4.02. The van der Waals surface area contributed by atoms with Crippen molar-refractivity contribution in [2.45, 2.75) is 37.4 Å². The van der Waals surface area contributed by atoms with Crippen LogP contribution in [0.25, 0.3) is 0 Å². The summed E-state index contributed by atoms with van der Waals surface area (Å²) in [5.74, 6) is 0. The molecule has 1 aromatic heterocycles. The number of halogens is 1. The van der Waals surface area contributed by atoms with Gasteiger partial charge in [0.15, 0.2) is 0 Å². The SMILES string of the molecule is Cc1cc(S(=O)(=O)N2CCC(N)C(C)(C)C2)sc1Cl. The molecule has 1 aliphatic heterocycles. The van der Waals surface area contributed by atoms with E-state index in [1.165, 1.54) is 4.31 Å². The van der Waals surface area contributed by atoms with Crippen molar-refractivity contribution in [1.29, 1.82) is 0 Å². The summed E-state index contributed by atoms with van der Waals surface area (Å²) in [6, 6.07) is 1.68. The second kappa shape index (κ2) is 5.00. The van der Waals surface area contributed by atoms with E-state index in [0.717, 1.165) is 16.9 Å². The van der Waals surface area contributed by atoms with E-state index in [0.29, 0.717) is 28.1 Å². The summed E-state index contributed by atoms with van der Waals surface area (Å²) in [7, 11) is -3.45. The average Bonchev–Trinajstić information content (AvgIpc) is 2.63. The van der Waals surface area contributed by atoms with Crippen LogP contribution >= 0.6 is 22.9 Å². The zero-order chi connectivity index (χ0) is 14.4. The number of rotatable bonds is 2. The van der Waals surface area contributed by atoms with Gasteiger partial charge in [-0.25, -0.2) is 8.42 Å². The Bertz CT molecular complexity index is 561. The lowest BCUT2D eigenvalue weighted by atomic mass is 9.81. The molecule has 1 aliphatic rings. The van der Waals surface area contributed by atoms with Crippen LogP contribution in [0.5, 0.6) is 0 Å². The summed E-state index contributed by atoms with van der Waals surface area (Å²) in [4.78, 5) is 0. The van der Waals surface area contributed by atoms with Gasteiger partial charge in [-0.15, -0.1) is 11.3 Å². The normalized spacial score (nSPS) is 24.6. The van der Waals surface area contributed by atoms with Gasteiger partial charge >= 0.3 is 0 Å². The number of sulfonamides is 1. The first-order chi connectivity index (χ1) is 8.64. The van der Waals surface area contributed by atoms with Gasteiger partial charge in [0, 0.05) is 19.1 Å². The van der Waals surface area contributed by atoms with E-state index in [9.17, 15) is 8.42 Å².